The summed E-state index contributed by atoms with van der Waals surface area (Å²) in [5.74, 6) is -6.74. The van der Waals surface area contributed by atoms with Crippen LogP contribution in [0.15, 0.2) is 36.4 Å². The second kappa shape index (κ2) is 11.4. The molecule has 1 fully saturated rings. The summed E-state index contributed by atoms with van der Waals surface area (Å²) in [4.78, 5) is 21.1. The number of halogens is 7. The predicted octanol–water partition coefficient (Wildman–Crippen LogP) is 6.31. The van der Waals surface area contributed by atoms with Crippen molar-refractivity contribution in [1.82, 2.24) is 5.32 Å². The first-order valence-corrected chi connectivity index (χ1v) is 11.7. The van der Waals surface area contributed by atoms with Gasteiger partial charge in [0.05, 0.1) is 6.07 Å². The predicted molar refractivity (Wildman–Crippen MR) is 129 cm³/mol. The van der Waals surface area contributed by atoms with Crippen LogP contribution in [0.3, 0.4) is 0 Å². The zero-order valence-electron chi connectivity index (χ0n) is 20.2. The van der Waals surface area contributed by atoms with Gasteiger partial charge < -0.3 is 10.2 Å². The molecule has 0 aliphatic carbocycles. The van der Waals surface area contributed by atoms with Crippen LogP contribution in [0.2, 0.25) is 10.0 Å². The van der Waals surface area contributed by atoms with Gasteiger partial charge in [-0.25, -0.2) is 13.6 Å². The Kier molecular flexibility index (Phi) is 9.41. The molecule has 2 aromatic carbocycles. The zero-order chi connectivity index (χ0) is 29.2. The number of nitriles is 1. The molecule has 0 bridgehead atoms. The molecule has 4 unspecified atom stereocenters. The molecule has 3 N–H and O–H groups in total. The number of hydrogen-bond acceptors (Lipinski definition) is 4. The Labute approximate surface area is 225 Å². The smallest absolute Gasteiger partial charge is 0.480 e. The number of carbonyl (C=O) groups is 2. The molecule has 6 nitrogen and oxygen atoms in total. The van der Waals surface area contributed by atoms with E-state index in [0.717, 1.165) is 12.1 Å². The van der Waals surface area contributed by atoms with E-state index in [9.17, 15) is 32.7 Å². The summed E-state index contributed by atoms with van der Waals surface area (Å²) in [7, 11) is 0. The molecule has 13 heteroatoms. The second-order valence-electron chi connectivity index (χ2n) is 9.85. The van der Waals surface area contributed by atoms with E-state index in [2.05, 4.69) is 11.4 Å². The van der Waals surface area contributed by atoms with Crippen molar-refractivity contribution >= 4 is 35.1 Å². The van der Waals surface area contributed by atoms with Gasteiger partial charge in [0.2, 0.25) is 0 Å². The molecule has 0 spiro atoms. The van der Waals surface area contributed by atoms with E-state index in [-0.39, 0.29) is 26.6 Å². The van der Waals surface area contributed by atoms with Crippen LogP contribution in [-0.4, -0.2) is 40.4 Å². The Morgan fingerprint density at radius 2 is 1.55 bits per heavy atom. The number of hydrogen-bond donors (Lipinski definition) is 3. The first-order valence-electron chi connectivity index (χ1n) is 11.0. The Morgan fingerprint density at radius 1 is 1.03 bits per heavy atom. The maximum Gasteiger partial charge on any atom is 0.490 e. The molecular weight excluding hydrogens is 558 g/mol. The summed E-state index contributed by atoms with van der Waals surface area (Å²) in [6.07, 6.45) is -4.74. The topological polar surface area (TPSA) is 110 Å². The van der Waals surface area contributed by atoms with E-state index in [0.29, 0.717) is 6.42 Å². The van der Waals surface area contributed by atoms with Gasteiger partial charge in [0.25, 0.3) is 0 Å². The highest BCUT2D eigenvalue weighted by Crippen LogP contribution is 2.52. The van der Waals surface area contributed by atoms with Gasteiger partial charge in [0.15, 0.2) is 0 Å². The van der Waals surface area contributed by atoms with Gasteiger partial charge in [-0.15, -0.1) is 0 Å². The van der Waals surface area contributed by atoms with Crippen molar-refractivity contribution < 1.29 is 41.8 Å². The fraction of sp³-hybridized carbons (Fsp3) is 0.400. The Morgan fingerprint density at radius 3 is 2.00 bits per heavy atom. The van der Waals surface area contributed by atoms with Crippen LogP contribution in [0.5, 0.6) is 0 Å². The lowest BCUT2D eigenvalue weighted by Crippen LogP contribution is -2.44. The summed E-state index contributed by atoms with van der Waals surface area (Å²) in [6, 6.07) is 7.71. The number of carboxylic acids is 2. The van der Waals surface area contributed by atoms with Crippen LogP contribution in [-0.2, 0) is 15.0 Å². The summed E-state index contributed by atoms with van der Waals surface area (Å²) in [6.45, 7) is 5.79. The van der Waals surface area contributed by atoms with E-state index >= 15 is 4.39 Å². The lowest BCUT2D eigenvalue weighted by molar-refractivity contribution is -0.192. The molecule has 0 amide bonds. The SMILES string of the molecule is CC(C)(C)CC1NC(C(=O)O)C(c2cc(Cl)ccc2F)C1(C#N)c1ccc(Cl)cc1F.O=C(O)C(F)(F)F. The molecule has 2 aromatic rings. The lowest BCUT2D eigenvalue weighted by Gasteiger charge is -2.37. The van der Waals surface area contributed by atoms with Gasteiger partial charge in [-0.2, -0.15) is 18.4 Å². The number of benzene rings is 2. The fourth-order valence-corrected chi connectivity index (χ4v) is 4.88. The summed E-state index contributed by atoms with van der Waals surface area (Å²) in [5, 5.41) is 30.9. The van der Waals surface area contributed by atoms with Crippen LogP contribution < -0.4 is 5.32 Å². The molecule has 3 rings (SSSR count). The van der Waals surface area contributed by atoms with E-state index < -0.39 is 53.2 Å². The van der Waals surface area contributed by atoms with Crippen LogP contribution >= 0.6 is 23.2 Å². The highest BCUT2D eigenvalue weighted by Gasteiger charge is 2.61. The maximum absolute atomic E-state index is 15.2. The number of aliphatic carboxylic acids is 2. The molecule has 0 aromatic heterocycles. The highest BCUT2D eigenvalue weighted by molar-refractivity contribution is 6.30. The Bertz CT molecular complexity index is 1260. The summed E-state index contributed by atoms with van der Waals surface area (Å²) in [5.41, 5.74) is -2.15. The zero-order valence-corrected chi connectivity index (χ0v) is 21.7. The average molecular weight is 581 g/mol. The average Bonchev–Trinajstić information content (AvgIpc) is 3.08. The monoisotopic (exact) mass is 580 g/mol. The van der Waals surface area contributed by atoms with Crippen molar-refractivity contribution in [3.63, 3.8) is 0 Å². The second-order valence-corrected chi connectivity index (χ2v) is 10.7. The number of alkyl halides is 3. The van der Waals surface area contributed by atoms with Gasteiger partial charge in [-0.3, -0.25) is 10.1 Å². The molecule has 1 saturated heterocycles. The van der Waals surface area contributed by atoms with Crippen LogP contribution in [0.25, 0.3) is 0 Å². The summed E-state index contributed by atoms with van der Waals surface area (Å²) < 4.78 is 61.9. The molecule has 4 atom stereocenters. The highest BCUT2D eigenvalue weighted by atomic mass is 35.5. The minimum atomic E-state index is -5.08. The third-order valence-corrected chi connectivity index (χ3v) is 6.40. The van der Waals surface area contributed by atoms with Crippen molar-refractivity contribution in [2.45, 2.75) is 56.8 Å². The molecule has 1 aliphatic heterocycles. The van der Waals surface area contributed by atoms with Gasteiger partial charge in [0, 0.05) is 27.6 Å². The van der Waals surface area contributed by atoms with Gasteiger partial charge >= 0.3 is 18.1 Å². The van der Waals surface area contributed by atoms with E-state index in [1.165, 1.54) is 24.3 Å². The first kappa shape index (κ1) is 31.3. The normalized spacial score (nSPS) is 23.2. The Hall–Kier alpha value is -2.94. The van der Waals surface area contributed by atoms with E-state index in [1.807, 2.05) is 20.8 Å². The lowest BCUT2D eigenvalue weighted by atomic mass is 9.62. The van der Waals surface area contributed by atoms with Gasteiger partial charge in [-0.05, 0) is 47.7 Å². The van der Waals surface area contributed by atoms with Crippen molar-refractivity contribution in [2.24, 2.45) is 5.41 Å². The minimum absolute atomic E-state index is 0.0331. The largest absolute Gasteiger partial charge is 0.490 e. The van der Waals surface area contributed by atoms with Crippen molar-refractivity contribution in [3.8, 4) is 6.07 Å². The quantitative estimate of drug-likeness (QED) is 0.365. The van der Waals surface area contributed by atoms with E-state index in [1.54, 1.807) is 0 Å². The molecular formula is C25H23Cl2F5N2O4. The molecule has 0 radical (unpaired) electrons. The third kappa shape index (κ3) is 6.73. The van der Waals surface area contributed by atoms with Crippen LogP contribution in [0, 0.1) is 28.4 Å². The number of nitrogens with zero attached hydrogens (tertiary/aromatic N) is 1. The molecule has 1 aliphatic rings. The number of carboxylic acid groups (broad SMARTS) is 2. The van der Waals surface area contributed by atoms with Crippen molar-refractivity contribution in [3.05, 3.63) is 69.2 Å². The van der Waals surface area contributed by atoms with Crippen molar-refractivity contribution in [1.29, 1.82) is 5.26 Å². The molecule has 38 heavy (non-hydrogen) atoms. The van der Waals surface area contributed by atoms with Gasteiger partial charge in [0.1, 0.15) is 23.1 Å². The van der Waals surface area contributed by atoms with Crippen LogP contribution in [0.1, 0.15) is 44.2 Å². The van der Waals surface area contributed by atoms with Crippen molar-refractivity contribution in [2.75, 3.05) is 0 Å². The summed E-state index contributed by atoms with van der Waals surface area (Å²) >= 11 is 12.0. The maximum atomic E-state index is 15.2. The number of nitrogens with one attached hydrogen (secondary N) is 1. The molecule has 0 saturated carbocycles. The van der Waals surface area contributed by atoms with Crippen LogP contribution in [0.4, 0.5) is 22.0 Å². The minimum Gasteiger partial charge on any atom is -0.480 e. The Balaban J connectivity index is 0.000000638. The molecule has 1 heterocycles. The van der Waals surface area contributed by atoms with Gasteiger partial charge in [-0.1, -0.05) is 50.0 Å². The standard InChI is InChI=1S/C23H22Cl2F2N2O2.C2HF3O2/c1-22(2,3)10-18-23(11-28,15-6-4-13(25)9-17(15)27)19(20(29-18)21(30)31)14-8-12(24)5-7-16(14)26;3-2(4,5)1(6)7/h4-9,18-20,29H,10H2,1-3H3,(H,30,31);(H,6,7). The fourth-order valence-electron chi connectivity index (χ4n) is 4.54. The molecule has 206 valence electrons. The number of rotatable bonds is 4. The third-order valence-electron chi connectivity index (χ3n) is 5.93. The van der Waals surface area contributed by atoms with E-state index in [4.69, 9.17) is 33.1 Å². The first-order chi connectivity index (χ1) is 17.3.